The second-order valence-corrected chi connectivity index (χ2v) is 6.26. The standard InChI is InChI=1S/C17H18BrNO2/c1-10(2)14-9-16(20)11(3)8-15(14)19-17(21)12-4-6-13(18)7-5-12/h4-10,20H,1-3H3,(H,19,21). The molecule has 0 spiro atoms. The van der Waals surface area contributed by atoms with E-state index in [0.29, 0.717) is 5.56 Å². The van der Waals surface area contributed by atoms with Gasteiger partial charge in [0.1, 0.15) is 5.75 Å². The smallest absolute Gasteiger partial charge is 0.255 e. The number of carbonyl (C=O) groups is 1. The lowest BCUT2D eigenvalue weighted by Crippen LogP contribution is -2.13. The van der Waals surface area contributed by atoms with E-state index >= 15 is 0 Å². The minimum atomic E-state index is -0.158. The number of carbonyl (C=O) groups excluding carboxylic acids is 1. The molecule has 0 unspecified atom stereocenters. The fraction of sp³-hybridized carbons (Fsp3) is 0.235. The summed E-state index contributed by atoms with van der Waals surface area (Å²) in [5.74, 6) is 0.298. The maximum atomic E-state index is 12.3. The third kappa shape index (κ3) is 3.64. The summed E-state index contributed by atoms with van der Waals surface area (Å²) in [6, 6.07) is 10.7. The van der Waals surface area contributed by atoms with Crippen LogP contribution in [0.5, 0.6) is 5.75 Å². The molecule has 4 heteroatoms. The van der Waals surface area contributed by atoms with Crippen molar-refractivity contribution in [3.8, 4) is 5.75 Å². The Balaban J connectivity index is 2.32. The summed E-state index contributed by atoms with van der Waals surface area (Å²) >= 11 is 3.35. The normalized spacial score (nSPS) is 10.7. The zero-order valence-electron chi connectivity index (χ0n) is 12.3. The van der Waals surface area contributed by atoms with Crippen molar-refractivity contribution in [2.45, 2.75) is 26.7 Å². The van der Waals surface area contributed by atoms with Crippen LogP contribution in [0, 0.1) is 6.92 Å². The SMILES string of the molecule is Cc1cc(NC(=O)c2ccc(Br)cc2)c(C(C)C)cc1O. The number of benzene rings is 2. The number of phenols is 1. The Labute approximate surface area is 133 Å². The van der Waals surface area contributed by atoms with Crippen molar-refractivity contribution in [2.75, 3.05) is 5.32 Å². The highest BCUT2D eigenvalue weighted by Gasteiger charge is 2.13. The number of aryl methyl sites for hydroxylation is 1. The van der Waals surface area contributed by atoms with Gasteiger partial charge in [-0.3, -0.25) is 4.79 Å². The van der Waals surface area contributed by atoms with Crippen molar-refractivity contribution in [1.29, 1.82) is 0 Å². The van der Waals surface area contributed by atoms with Crippen molar-refractivity contribution >= 4 is 27.5 Å². The molecule has 110 valence electrons. The molecule has 0 fully saturated rings. The fourth-order valence-corrected chi connectivity index (χ4v) is 2.36. The van der Waals surface area contributed by atoms with Crippen LogP contribution in [0.3, 0.4) is 0 Å². The second-order valence-electron chi connectivity index (χ2n) is 5.34. The molecule has 0 aliphatic rings. The van der Waals surface area contributed by atoms with Gasteiger partial charge in [0.2, 0.25) is 0 Å². The molecule has 2 aromatic carbocycles. The van der Waals surface area contributed by atoms with E-state index in [1.807, 2.05) is 32.9 Å². The minimum absolute atomic E-state index is 0.158. The van der Waals surface area contributed by atoms with Gasteiger partial charge < -0.3 is 10.4 Å². The number of nitrogens with one attached hydrogen (secondary N) is 1. The highest BCUT2D eigenvalue weighted by molar-refractivity contribution is 9.10. The maximum absolute atomic E-state index is 12.3. The van der Waals surface area contributed by atoms with Crippen LogP contribution in [-0.4, -0.2) is 11.0 Å². The molecule has 21 heavy (non-hydrogen) atoms. The quantitative estimate of drug-likeness (QED) is 0.780. The van der Waals surface area contributed by atoms with Gasteiger partial charge >= 0.3 is 0 Å². The van der Waals surface area contributed by atoms with Gasteiger partial charge in [0.15, 0.2) is 0 Å². The first kappa shape index (κ1) is 15.6. The van der Waals surface area contributed by atoms with Crippen LogP contribution in [0.4, 0.5) is 5.69 Å². The number of phenolic OH excluding ortho intramolecular Hbond substituents is 1. The molecular formula is C17H18BrNO2. The molecule has 0 radical (unpaired) electrons. The van der Waals surface area contributed by atoms with E-state index in [1.54, 1.807) is 24.3 Å². The monoisotopic (exact) mass is 347 g/mol. The van der Waals surface area contributed by atoms with Crippen LogP contribution in [0.25, 0.3) is 0 Å². The molecule has 0 saturated heterocycles. The van der Waals surface area contributed by atoms with Crippen molar-refractivity contribution in [2.24, 2.45) is 0 Å². The highest BCUT2D eigenvalue weighted by Crippen LogP contribution is 2.31. The summed E-state index contributed by atoms with van der Waals surface area (Å²) in [5, 5.41) is 12.8. The van der Waals surface area contributed by atoms with Gasteiger partial charge in [0.25, 0.3) is 5.91 Å². The van der Waals surface area contributed by atoms with Crippen LogP contribution < -0.4 is 5.32 Å². The fourth-order valence-electron chi connectivity index (χ4n) is 2.09. The summed E-state index contributed by atoms with van der Waals surface area (Å²) < 4.78 is 0.933. The minimum Gasteiger partial charge on any atom is -0.508 e. The van der Waals surface area contributed by atoms with E-state index in [9.17, 15) is 9.90 Å². The van der Waals surface area contributed by atoms with E-state index in [2.05, 4.69) is 21.2 Å². The van der Waals surface area contributed by atoms with Gasteiger partial charge in [0, 0.05) is 15.7 Å². The zero-order chi connectivity index (χ0) is 15.6. The predicted molar refractivity (Wildman–Crippen MR) is 89.0 cm³/mol. The van der Waals surface area contributed by atoms with Crippen LogP contribution in [0.1, 0.15) is 41.3 Å². The Kier molecular flexibility index (Phi) is 4.68. The van der Waals surface area contributed by atoms with Crippen LogP contribution in [0.2, 0.25) is 0 Å². The molecule has 2 aromatic rings. The van der Waals surface area contributed by atoms with Crippen LogP contribution >= 0.6 is 15.9 Å². The molecule has 0 aliphatic heterocycles. The number of hydrogen-bond acceptors (Lipinski definition) is 2. The molecule has 0 saturated carbocycles. The number of hydrogen-bond donors (Lipinski definition) is 2. The topological polar surface area (TPSA) is 49.3 Å². The molecule has 0 atom stereocenters. The summed E-state index contributed by atoms with van der Waals surface area (Å²) in [6.45, 7) is 5.87. The lowest BCUT2D eigenvalue weighted by atomic mass is 9.98. The van der Waals surface area contributed by atoms with Gasteiger partial charge in [-0.15, -0.1) is 0 Å². The Morgan fingerprint density at radius 1 is 1.19 bits per heavy atom. The Bertz CT molecular complexity index is 663. The molecule has 2 rings (SSSR count). The van der Waals surface area contributed by atoms with E-state index in [0.717, 1.165) is 21.3 Å². The van der Waals surface area contributed by atoms with E-state index in [-0.39, 0.29) is 17.6 Å². The molecule has 1 amide bonds. The third-order valence-electron chi connectivity index (χ3n) is 3.34. The summed E-state index contributed by atoms with van der Waals surface area (Å²) in [6.07, 6.45) is 0. The van der Waals surface area contributed by atoms with Crippen molar-refractivity contribution in [3.63, 3.8) is 0 Å². The predicted octanol–water partition coefficient (Wildman–Crippen LogP) is 4.84. The Morgan fingerprint density at radius 2 is 1.81 bits per heavy atom. The van der Waals surface area contributed by atoms with Crippen molar-refractivity contribution in [1.82, 2.24) is 0 Å². The number of anilines is 1. The Morgan fingerprint density at radius 3 is 2.38 bits per heavy atom. The van der Waals surface area contributed by atoms with Crippen LogP contribution in [-0.2, 0) is 0 Å². The van der Waals surface area contributed by atoms with Gasteiger partial charge in [-0.25, -0.2) is 0 Å². The summed E-state index contributed by atoms with van der Waals surface area (Å²) in [4.78, 5) is 12.3. The van der Waals surface area contributed by atoms with Gasteiger partial charge in [-0.1, -0.05) is 29.8 Å². The number of rotatable bonds is 3. The number of amides is 1. The largest absolute Gasteiger partial charge is 0.508 e. The lowest BCUT2D eigenvalue weighted by molar-refractivity contribution is 0.102. The number of halogens is 1. The average molecular weight is 348 g/mol. The van der Waals surface area contributed by atoms with Crippen molar-refractivity contribution in [3.05, 3.63) is 57.6 Å². The molecule has 3 nitrogen and oxygen atoms in total. The van der Waals surface area contributed by atoms with E-state index < -0.39 is 0 Å². The molecule has 0 aromatic heterocycles. The molecule has 2 N–H and O–H groups in total. The zero-order valence-corrected chi connectivity index (χ0v) is 13.9. The van der Waals surface area contributed by atoms with Gasteiger partial charge in [0.05, 0.1) is 0 Å². The lowest BCUT2D eigenvalue weighted by Gasteiger charge is -2.16. The first-order chi connectivity index (χ1) is 9.88. The summed E-state index contributed by atoms with van der Waals surface area (Å²) in [7, 11) is 0. The molecule has 0 bridgehead atoms. The van der Waals surface area contributed by atoms with Crippen molar-refractivity contribution < 1.29 is 9.90 Å². The molecular weight excluding hydrogens is 330 g/mol. The number of aromatic hydroxyl groups is 1. The molecule has 0 heterocycles. The summed E-state index contributed by atoms with van der Waals surface area (Å²) in [5.41, 5.74) is 3.00. The highest BCUT2D eigenvalue weighted by atomic mass is 79.9. The van der Waals surface area contributed by atoms with Crippen LogP contribution in [0.15, 0.2) is 40.9 Å². The maximum Gasteiger partial charge on any atom is 0.255 e. The average Bonchev–Trinajstić information content (AvgIpc) is 2.43. The van der Waals surface area contributed by atoms with Gasteiger partial charge in [-0.2, -0.15) is 0 Å². The first-order valence-electron chi connectivity index (χ1n) is 6.79. The third-order valence-corrected chi connectivity index (χ3v) is 3.87. The molecule has 0 aliphatic carbocycles. The van der Waals surface area contributed by atoms with Gasteiger partial charge in [-0.05, 0) is 60.4 Å². The van der Waals surface area contributed by atoms with E-state index in [4.69, 9.17) is 0 Å². The van der Waals surface area contributed by atoms with E-state index in [1.165, 1.54) is 0 Å². The first-order valence-corrected chi connectivity index (χ1v) is 7.58. The second kappa shape index (κ2) is 6.31. The Hall–Kier alpha value is -1.81.